The molecule has 2 heteroatoms. The van der Waals surface area contributed by atoms with Crippen molar-refractivity contribution >= 4 is 11.3 Å². The summed E-state index contributed by atoms with van der Waals surface area (Å²) in [5.74, 6) is 0. The van der Waals surface area contributed by atoms with E-state index >= 15 is 0 Å². The second kappa shape index (κ2) is 3.60. The molecule has 1 aromatic heterocycles. The van der Waals surface area contributed by atoms with Crippen LogP contribution in [0.5, 0.6) is 0 Å². The van der Waals surface area contributed by atoms with Crippen molar-refractivity contribution in [3.63, 3.8) is 0 Å². The Hall–Kier alpha value is -0.340. The first kappa shape index (κ1) is 11.2. The van der Waals surface area contributed by atoms with Gasteiger partial charge in [-0.1, -0.05) is 13.8 Å². The van der Waals surface area contributed by atoms with Gasteiger partial charge >= 0.3 is 0 Å². The van der Waals surface area contributed by atoms with Gasteiger partial charge in [0.05, 0.1) is 0 Å². The van der Waals surface area contributed by atoms with Crippen LogP contribution >= 0.6 is 11.3 Å². The lowest BCUT2D eigenvalue weighted by Crippen LogP contribution is -2.42. The highest BCUT2D eigenvalue weighted by atomic mass is 32.1. The van der Waals surface area contributed by atoms with Crippen molar-refractivity contribution in [3.8, 4) is 0 Å². The van der Waals surface area contributed by atoms with Gasteiger partial charge in [0.15, 0.2) is 0 Å². The summed E-state index contributed by atoms with van der Waals surface area (Å²) in [4.78, 5) is 1.37. The standard InChI is InChI=1S/C13H21NS/c1-10-8-11(9-15-10)13(14)6-4-12(2,3)5-7-13/h8-9H,4-7,14H2,1-3H3. The Morgan fingerprint density at radius 1 is 1.20 bits per heavy atom. The number of hydrogen-bond acceptors (Lipinski definition) is 2. The number of thiophene rings is 1. The first-order chi connectivity index (χ1) is 6.91. The van der Waals surface area contributed by atoms with E-state index in [1.165, 1.54) is 23.3 Å². The molecule has 84 valence electrons. The van der Waals surface area contributed by atoms with E-state index in [1.807, 2.05) is 11.3 Å². The van der Waals surface area contributed by atoms with E-state index < -0.39 is 0 Å². The smallest absolute Gasteiger partial charge is 0.0418 e. The Labute approximate surface area is 96.7 Å². The van der Waals surface area contributed by atoms with Crippen molar-refractivity contribution in [1.82, 2.24) is 0 Å². The van der Waals surface area contributed by atoms with Gasteiger partial charge in [0.2, 0.25) is 0 Å². The van der Waals surface area contributed by atoms with E-state index in [2.05, 4.69) is 32.2 Å². The zero-order valence-electron chi connectivity index (χ0n) is 9.97. The molecule has 0 aliphatic heterocycles. The number of aryl methyl sites for hydroxylation is 1. The molecule has 1 aliphatic rings. The molecule has 1 fully saturated rings. The summed E-state index contributed by atoms with van der Waals surface area (Å²) in [5, 5.41) is 2.24. The van der Waals surface area contributed by atoms with Gasteiger partial charge in [0.25, 0.3) is 0 Å². The van der Waals surface area contributed by atoms with E-state index in [0.29, 0.717) is 5.41 Å². The average Bonchev–Trinajstić information content (AvgIpc) is 2.59. The maximum atomic E-state index is 6.52. The molecule has 1 aromatic rings. The predicted octanol–water partition coefficient (Wildman–Crippen LogP) is 3.81. The zero-order valence-corrected chi connectivity index (χ0v) is 10.8. The lowest BCUT2D eigenvalue weighted by molar-refractivity contribution is 0.165. The molecule has 0 amide bonds. The Morgan fingerprint density at radius 2 is 1.80 bits per heavy atom. The van der Waals surface area contributed by atoms with E-state index in [0.717, 1.165) is 12.8 Å². The number of nitrogens with two attached hydrogens (primary N) is 1. The van der Waals surface area contributed by atoms with Crippen LogP contribution in [0.3, 0.4) is 0 Å². The van der Waals surface area contributed by atoms with Crippen molar-refractivity contribution in [1.29, 1.82) is 0 Å². The topological polar surface area (TPSA) is 26.0 Å². The van der Waals surface area contributed by atoms with E-state index in [-0.39, 0.29) is 5.54 Å². The van der Waals surface area contributed by atoms with Crippen LogP contribution in [-0.4, -0.2) is 0 Å². The van der Waals surface area contributed by atoms with Crippen LogP contribution in [0.25, 0.3) is 0 Å². The Kier molecular flexibility index (Phi) is 2.68. The predicted molar refractivity (Wildman–Crippen MR) is 67.2 cm³/mol. The quantitative estimate of drug-likeness (QED) is 0.769. The minimum atomic E-state index is -0.0414. The highest BCUT2D eigenvalue weighted by Gasteiger charge is 2.36. The van der Waals surface area contributed by atoms with E-state index in [4.69, 9.17) is 5.73 Å². The lowest BCUT2D eigenvalue weighted by atomic mass is 9.68. The molecule has 0 saturated heterocycles. The third-order valence-electron chi connectivity index (χ3n) is 3.80. The molecule has 2 N–H and O–H groups in total. The zero-order chi connectivity index (χ0) is 11.1. The molecule has 0 aromatic carbocycles. The van der Waals surface area contributed by atoms with Crippen molar-refractivity contribution in [3.05, 3.63) is 21.9 Å². The van der Waals surface area contributed by atoms with Crippen molar-refractivity contribution in [2.75, 3.05) is 0 Å². The van der Waals surface area contributed by atoms with Crippen LogP contribution in [0.4, 0.5) is 0 Å². The summed E-state index contributed by atoms with van der Waals surface area (Å²) in [6.45, 7) is 6.86. The normalized spacial score (nSPS) is 24.0. The average molecular weight is 223 g/mol. The fraction of sp³-hybridized carbons (Fsp3) is 0.692. The van der Waals surface area contributed by atoms with Crippen molar-refractivity contribution in [2.45, 2.75) is 52.0 Å². The molecule has 0 unspecified atom stereocenters. The van der Waals surface area contributed by atoms with Crippen LogP contribution in [0.2, 0.25) is 0 Å². The highest BCUT2D eigenvalue weighted by Crippen LogP contribution is 2.44. The van der Waals surface area contributed by atoms with Gasteiger partial charge in [-0.05, 0) is 55.0 Å². The Bertz CT molecular complexity index is 341. The summed E-state index contributed by atoms with van der Waals surface area (Å²) in [6.07, 6.45) is 4.77. The molecule has 0 spiro atoms. The summed E-state index contributed by atoms with van der Waals surface area (Å²) < 4.78 is 0. The Morgan fingerprint density at radius 3 is 2.27 bits per heavy atom. The third-order valence-corrected chi connectivity index (χ3v) is 4.66. The van der Waals surface area contributed by atoms with Crippen molar-refractivity contribution < 1.29 is 0 Å². The summed E-state index contributed by atoms with van der Waals surface area (Å²) in [5.41, 5.74) is 8.34. The van der Waals surface area contributed by atoms with Gasteiger partial charge in [-0.3, -0.25) is 0 Å². The second-order valence-electron chi connectivity index (χ2n) is 5.77. The molecule has 1 saturated carbocycles. The van der Waals surface area contributed by atoms with Gasteiger partial charge in [-0.25, -0.2) is 0 Å². The maximum absolute atomic E-state index is 6.52. The van der Waals surface area contributed by atoms with Crippen LogP contribution < -0.4 is 5.73 Å². The Balaban J connectivity index is 2.16. The summed E-state index contributed by atoms with van der Waals surface area (Å²) in [6, 6.07) is 2.27. The van der Waals surface area contributed by atoms with Crippen molar-refractivity contribution in [2.24, 2.45) is 11.1 Å². The first-order valence-electron chi connectivity index (χ1n) is 5.76. The molecule has 0 atom stereocenters. The summed E-state index contributed by atoms with van der Waals surface area (Å²) >= 11 is 1.82. The van der Waals surface area contributed by atoms with Crippen LogP contribution in [0.15, 0.2) is 11.4 Å². The molecular weight excluding hydrogens is 202 g/mol. The molecule has 15 heavy (non-hydrogen) atoms. The third kappa shape index (κ3) is 2.26. The van der Waals surface area contributed by atoms with Gasteiger partial charge in [-0.15, -0.1) is 11.3 Å². The number of hydrogen-bond donors (Lipinski definition) is 1. The minimum absolute atomic E-state index is 0.0414. The van der Waals surface area contributed by atoms with Gasteiger partial charge in [0, 0.05) is 10.4 Å². The molecule has 1 heterocycles. The molecule has 1 nitrogen and oxygen atoms in total. The monoisotopic (exact) mass is 223 g/mol. The van der Waals surface area contributed by atoms with Gasteiger partial charge in [0.1, 0.15) is 0 Å². The maximum Gasteiger partial charge on any atom is 0.0418 e. The molecule has 2 rings (SSSR count). The first-order valence-corrected chi connectivity index (χ1v) is 6.64. The van der Waals surface area contributed by atoms with E-state index in [9.17, 15) is 0 Å². The molecule has 1 aliphatic carbocycles. The molecule has 0 bridgehead atoms. The SMILES string of the molecule is Cc1cc(C2(N)CCC(C)(C)CC2)cs1. The second-order valence-corrected chi connectivity index (χ2v) is 6.88. The highest BCUT2D eigenvalue weighted by molar-refractivity contribution is 7.10. The lowest BCUT2D eigenvalue weighted by Gasteiger charge is -2.41. The van der Waals surface area contributed by atoms with Crippen LogP contribution in [0, 0.1) is 12.3 Å². The van der Waals surface area contributed by atoms with Crippen LogP contribution in [0.1, 0.15) is 50.0 Å². The largest absolute Gasteiger partial charge is 0.321 e. The molecule has 0 radical (unpaired) electrons. The number of rotatable bonds is 1. The summed E-state index contributed by atoms with van der Waals surface area (Å²) in [7, 11) is 0. The fourth-order valence-corrected chi connectivity index (χ4v) is 3.18. The molecular formula is C13H21NS. The van der Waals surface area contributed by atoms with Gasteiger partial charge in [-0.2, -0.15) is 0 Å². The fourth-order valence-electron chi connectivity index (χ4n) is 2.37. The van der Waals surface area contributed by atoms with Crippen LogP contribution in [-0.2, 0) is 5.54 Å². The van der Waals surface area contributed by atoms with Gasteiger partial charge < -0.3 is 5.73 Å². The van der Waals surface area contributed by atoms with E-state index in [1.54, 1.807) is 0 Å². The minimum Gasteiger partial charge on any atom is -0.321 e.